The first-order valence-electron chi connectivity index (χ1n) is 1.29. The van der Waals surface area contributed by atoms with Crippen molar-refractivity contribution in [1.82, 2.24) is 0 Å². The number of terminal acetylenes is 2. The third kappa shape index (κ3) is 2080. The number of aliphatic hydroxyl groups is 1. The second-order valence-corrected chi connectivity index (χ2v) is 0.362. The molecular weight excluding hydrogens is 76.1 g/mol. The predicted molar refractivity (Wildman–Crippen MR) is 25.8 cm³/mol. The highest BCUT2D eigenvalue weighted by Gasteiger charge is 1.43. The lowest BCUT2D eigenvalue weighted by Crippen LogP contribution is -1.64. The average Bonchev–Trinajstić information content (AvgIpc) is 1.72. The van der Waals surface area contributed by atoms with Crippen molar-refractivity contribution in [3.8, 4) is 25.2 Å². The van der Waals surface area contributed by atoms with Crippen LogP contribution in [0, 0.1) is 25.2 Å². The van der Waals surface area contributed by atoms with Crippen molar-refractivity contribution in [2.75, 3.05) is 6.61 Å². The van der Waals surface area contributed by atoms with Crippen molar-refractivity contribution in [3.63, 3.8) is 0 Å². The summed E-state index contributed by atoms with van der Waals surface area (Å²) in [7, 11) is 0. The average molecular weight is 82.1 g/mol. The van der Waals surface area contributed by atoms with Crippen LogP contribution in [-0.2, 0) is 0 Å². The summed E-state index contributed by atoms with van der Waals surface area (Å²) in [5.74, 6) is 1.99. The smallest absolute Gasteiger partial charge is 0.103 e. The number of hydrogen-bond donors (Lipinski definition) is 1. The predicted octanol–water partition coefficient (Wildman–Crippen LogP) is -0.139. The summed E-state index contributed by atoms with van der Waals surface area (Å²) in [6, 6.07) is 0. The topological polar surface area (TPSA) is 20.2 Å². The molecule has 0 aromatic carbocycles. The van der Waals surface area contributed by atoms with Gasteiger partial charge >= 0.3 is 0 Å². The highest BCUT2D eigenvalue weighted by atomic mass is 16.2. The zero-order chi connectivity index (χ0) is 5.41. The quantitative estimate of drug-likeness (QED) is 0.403. The van der Waals surface area contributed by atoms with E-state index in [1.54, 1.807) is 0 Å². The Morgan fingerprint density at radius 3 is 1.67 bits per heavy atom. The van der Waals surface area contributed by atoms with Gasteiger partial charge in [-0.1, -0.05) is 5.92 Å². The van der Waals surface area contributed by atoms with E-state index in [1.165, 1.54) is 0 Å². The molecule has 0 radical (unpaired) electrons. The van der Waals surface area contributed by atoms with Crippen molar-refractivity contribution >= 4 is 0 Å². The maximum atomic E-state index is 7.64. The van der Waals surface area contributed by atoms with E-state index in [0.29, 0.717) is 0 Å². The molecule has 0 aliphatic heterocycles. The molecule has 1 nitrogen and oxygen atoms in total. The molecule has 0 rings (SSSR count). The van der Waals surface area contributed by atoms with Gasteiger partial charge in [0.15, 0.2) is 0 Å². The Kier molecular flexibility index (Phi) is 49.3. The van der Waals surface area contributed by atoms with E-state index in [2.05, 4.69) is 19.3 Å². The molecule has 0 heterocycles. The minimum atomic E-state index is -0.153. The van der Waals surface area contributed by atoms with Gasteiger partial charge in [0.2, 0.25) is 0 Å². The highest BCUT2D eigenvalue weighted by Crippen LogP contribution is 1.34. The lowest BCUT2D eigenvalue weighted by Gasteiger charge is -1.55. The van der Waals surface area contributed by atoms with Gasteiger partial charge in [-0.25, -0.2) is 0 Å². The second-order valence-electron chi connectivity index (χ2n) is 0.362. The summed E-state index contributed by atoms with van der Waals surface area (Å²) in [5, 5.41) is 7.64. The van der Waals surface area contributed by atoms with Crippen LogP contribution >= 0.6 is 0 Å². The largest absolute Gasteiger partial charge is 0.384 e. The van der Waals surface area contributed by atoms with Crippen molar-refractivity contribution < 1.29 is 5.11 Å². The molecule has 0 spiro atoms. The third-order valence-electron chi connectivity index (χ3n) is 0.0913. The fourth-order valence-electron chi connectivity index (χ4n) is 0. The molecule has 0 saturated heterocycles. The fourth-order valence-corrected chi connectivity index (χ4v) is 0. The molecule has 0 unspecified atom stereocenters. The Labute approximate surface area is 38.0 Å². The van der Waals surface area contributed by atoms with Gasteiger partial charge < -0.3 is 5.11 Å². The Balaban J connectivity index is 0. The summed E-state index contributed by atoms with van der Waals surface area (Å²) < 4.78 is 0. The van der Waals surface area contributed by atoms with Crippen molar-refractivity contribution in [2.24, 2.45) is 0 Å². The zero-order valence-corrected chi connectivity index (χ0v) is 3.39. The maximum absolute atomic E-state index is 7.64. The molecule has 32 valence electrons. The number of rotatable bonds is 0. The van der Waals surface area contributed by atoms with Gasteiger partial charge in [-0.3, -0.25) is 0 Å². The van der Waals surface area contributed by atoms with Gasteiger partial charge in [0.1, 0.15) is 6.61 Å². The van der Waals surface area contributed by atoms with E-state index in [0.717, 1.165) is 0 Å². The molecule has 0 aromatic rings. The SMILES string of the molecule is C#C.C#CCO. The van der Waals surface area contributed by atoms with Crippen LogP contribution in [-0.4, -0.2) is 11.7 Å². The Bertz CT molecular complexity index is 56.1. The summed E-state index contributed by atoms with van der Waals surface area (Å²) in [4.78, 5) is 0. The minimum Gasteiger partial charge on any atom is -0.384 e. The van der Waals surface area contributed by atoms with E-state index < -0.39 is 0 Å². The molecule has 0 aromatic heterocycles. The van der Waals surface area contributed by atoms with Gasteiger partial charge in [-0.2, -0.15) is 0 Å². The minimum absolute atomic E-state index is 0.153. The first-order chi connectivity index (χ1) is 2.91. The van der Waals surface area contributed by atoms with E-state index in [1.807, 2.05) is 5.92 Å². The van der Waals surface area contributed by atoms with E-state index in [4.69, 9.17) is 5.11 Å². The lowest BCUT2D eigenvalue weighted by atomic mass is 10.8. The van der Waals surface area contributed by atoms with Crippen LogP contribution in [0.25, 0.3) is 0 Å². The molecule has 0 amide bonds. The van der Waals surface area contributed by atoms with Crippen molar-refractivity contribution in [2.45, 2.75) is 0 Å². The third-order valence-corrected chi connectivity index (χ3v) is 0.0913. The fraction of sp³-hybridized carbons (Fsp3) is 0.200. The van der Waals surface area contributed by atoms with Crippen LogP contribution in [0.2, 0.25) is 0 Å². The molecule has 1 heteroatoms. The van der Waals surface area contributed by atoms with Crippen LogP contribution in [0.15, 0.2) is 0 Å². The van der Waals surface area contributed by atoms with Crippen molar-refractivity contribution in [1.29, 1.82) is 0 Å². The lowest BCUT2D eigenvalue weighted by molar-refractivity contribution is 0.351. The van der Waals surface area contributed by atoms with E-state index in [-0.39, 0.29) is 6.61 Å². The maximum Gasteiger partial charge on any atom is 0.103 e. The molecule has 0 atom stereocenters. The summed E-state index contributed by atoms with van der Waals surface area (Å²) in [5.41, 5.74) is 0. The zero-order valence-electron chi connectivity index (χ0n) is 3.39. The van der Waals surface area contributed by atoms with Crippen LogP contribution in [0.3, 0.4) is 0 Å². The normalized spacial score (nSPS) is 3.67. The van der Waals surface area contributed by atoms with E-state index >= 15 is 0 Å². The molecule has 0 aliphatic rings. The van der Waals surface area contributed by atoms with Crippen LogP contribution in [0.4, 0.5) is 0 Å². The molecule has 6 heavy (non-hydrogen) atoms. The first kappa shape index (κ1) is 8.91. The molecule has 0 bridgehead atoms. The standard InChI is InChI=1S/C3H4O.C2H2/c1-2-3-4;1-2/h1,4H,3H2;1-2H. The Morgan fingerprint density at radius 2 is 1.67 bits per heavy atom. The molecule has 0 aliphatic carbocycles. The van der Waals surface area contributed by atoms with Gasteiger partial charge in [-0.05, 0) is 0 Å². The van der Waals surface area contributed by atoms with Gasteiger partial charge in [0.25, 0.3) is 0 Å². The summed E-state index contributed by atoms with van der Waals surface area (Å²) in [6.45, 7) is -0.153. The molecule has 1 N–H and O–H groups in total. The Hall–Kier alpha value is -0.920. The Morgan fingerprint density at radius 1 is 1.50 bits per heavy atom. The summed E-state index contributed by atoms with van der Waals surface area (Å²) in [6.07, 6.45) is 12.5. The number of aliphatic hydroxyl groups excluding tert-OH is 1. The monoisotopic (exact) mass is 82.0 g/mol. The molecule has 0 fully saturated rings. The second kappa shape index (κ2) is 33.2. The summed E-state index contributed by atoms with van der Waals surface area (Å²) >= 11 is 0. The highest BCUT2D eigenvalue weighted by molar-refractivity contribution is 4.81. The molecule has 0 saturated carbocycles. The van der Waals surface area contributed by atoms with Gasteiger partial charge in [0, 0.05) is 0 Å². The van der Waals surface area contributed by atoms with Crippen LogP contribution < -0.4 is 0 Å². The number of hydrogen-bond acceptors (Lipinski definition) is 1. The van der Waals surface area contributed by atoms with Crippen LogP contribution in [0.5, 0.6) is 0 Å². The van der Waals surface area contributed by atoms with Crippen molar-refractivity contribution in [3.05, 3.63) is 0 Å². The van der Waals surface area contributed by atoms with Crippen LogP contribution in [0.1, 0.15) is 0 Å². The van der Waals surface area contributed by atoms with E-state index in [9.17, 15) is 0 Å². The van der Waals surface area contributed by atoms with Gasteiger partial charge in [-0.15, -0.1) is 19.3 Å². The molecular formula is C5H6O. The van der Waals surface area contributed by atoms with Gasteiger partial charge in [0.05, 0.1) is 0 Å². The first-order valence-corrected chi connectivity index (χ1v) is 1.29.